The third-order valence-electron chi connectivity index (χ3n) is 6.33. The zero-order chi connectivity index (χ0) is 23.8. The van der Waals surface area contributed by atoms with E-state index in [1.807, 2.05) is 0 Å². The number of likely N-dealkylation sites (tertiary alicyclic amines) is 1. The number of aromatic amines is 1. The van der Waals surface area contributed by atoms with Gasteiger partial charge < -0.3 is 29.2 Å². The molecule has 0 radical (unpaired) electrons. The number of nitrogens with one attached hydrogen (secondary N) is 2. The number of carbonyl (C=O) groups excluding carboxylic acids is 2. The molecule has 3 heterocycles. The van der Waals surface area contributed by atoms with E-state index in [0.717, 1.165) is 0 Å². The van der Waals surface area contributed by atoms with Gasteiger partial charge in [0.2, 0.25) is 12.7 Å². The quantitative estimate of drug-likeness (QED) is 0.569. The minimum absolute atomic E-state index is 0.0909. The van der Waals surface area contributed by atoms with Crippen molar-refractivity contribution in [3.63, 3.8) is 0 Å². The molecule has 1 aromatic heterocycles. The highest BCUT2D eigenvalue weighted by Crippen LogP contribution is 2.34. The fraction of sp³-hybridized carbons (Fsp3) is 0.333. The Bertz CT molecular complexity index is 1400. The number of aromatic nitrogens is 2. The molecule has 0 aliphatic carbocycles. The van der Waals surface area contributed by atoms with Gasteiger partial charge in [-0.2, -0.15) is 0 Å². The molecule has 1 fully saturated rings. The number of rotatable bonds is 4. The summed E-state index contributed by atoms with van der Waals surface area (Å²) < 4.78 is 12.0. The summed E-state index contributed by atoms with van der Waals surface area (Å²) in [5.74, 6) is 0.784. The van der Waals surface area contributed by atoms with Crippen LogP contribution in [0.25, 0.3) is 11.0 Å². The topological polar surface area (TPSA) is 123 Å². The number of H-pyrrole nitrogens is 1. The van der Waals surface area contributed by atoms with Crippen LogP contribution in [-0.4, -0.2) is 46.1 Å². The van der Waals surface area contributed by atoms with Crippen LogP contribution in [0.3, 0.4) is 0 Å². The molecule has 34 heavy (non-hydrogen) atoms. The lowest BCUT2D eigenvalue weighted by molar-refractivity contribution is -0.121. The number of hydrogen-bond donors (Lipinski definition) is 2. The highest BCUT2D eigenvalue weighted by atomic mass is 16.7. The van der Waals surface area contributed by atoms with Crippen LogP contribution in [0.1, 0.15) is 30.1 Å². The van der Waals surface area contributed by atoms with Crippen molar-refractivity contribution in [2.75, 3.05) is 25.2 Å². The number of nitrogens with zero attached hydrogens (tertiary/aromatic N) is 2. The molecule has 10 nitrogen and oxygen atoms in total. The monoisotopic (exact) mass is 464 g/mol. The van der Waals surface area contributed by atoms with Crippen LogP contribution in [0.5, 0.6) is 11.5 Å². The number of carbonyl (C=O) groups is 2. The number of anilines is 1. The maximum absolute atomic E-state index is 13.1. The number of benzene rings is 2. The van der Waals surface area contributed by atoms with Crippen molar-refractivity contribution in [1.29, 1.82) is 0 Å². The Morgan fingerprint density at radius 2 is 1.82 bits per heavy atom. The van der Waals surface area contributed by atoms with Crippen LogP contribution in [0.2, 0.25) is 0 Å². The fourth-order valence-electron chi connectivity index (χ4n) is 4.47. The Morgan fingerprint density at radius 3 is 2.59 bits per heavy atom. The number of piperidine rings is 1. The van der Waals surface area contributed by atoms with Gasteiger partial charge in [-0.15, -0.1) is 0 Å². The van der Waals surface area contributed by atoms with Gasteiger partial charge in [-0.1, -0.05) is 0 Å². The molecule has 3 aromatic rings. The molecule has 0 bridgehead atoms. The second-order valence-electron chi connectivity index (χ2n) is 8.36. The summed E-state index contributed by atoms with van der Waals surface area (Å²) in [5, 5.41) is 2.92. The minimum Gasteiger partial charge on any atom is -0.454 e. The molecule has 176 valence electrons. The first-order chi connectivity index (χ1) is 16.4. The standard InChI is InChI=1S/C24H24N4O6/c1-2-28-18-5-3-15(11-17(18)26-22(30)24(28)32)23(31)27-9-7-14(8-10-27)21(29)25-16-4-6-19-20(12-16)34-13-33-19/h3-6,11-12,14H,2,7-10,13H2,1H3,(H,25,29)(H,26,30). The van der Waals surface area contributed by atoms with Gasteiger partial charge in [-0.05, 0) is 50.1 Å². The average molecular weight is 464 g/mol. The molecule has 2 N–H and O–H groups in total. The largest absolute Gasteiger partial charge is 0.454 e. The van der Waals surface area contributed by atoms with Crippen molar-refractivity contribution in [2.45, 2.75) is 26.3 Å². The SMILES string of the molecule is CCn1c(=O)c(=O)[nH]c2cc(C(=O)N3CCC(C(=O)Nc4ccc5c(c4)OCO5)CC3)ccc21. The van der Waals surface area contributed by atoms with E-state index in [1.54, 1.807) is 48.2 Å². The molecule has 10 heteroatoms. The average Bonchev–Trinajstić information content (AvgIpc) is 3.32. The summed E-state index contributed by atoms with van der Waals surface area (Å²) in [4.78, 5) is 54.0. The summed E-state index contributed by atoms with van der Waals surface area (Å²) in [5.41, 5.74) is 0.748. The van der Waals surface area contributed by atoms with E-state index in [-0.39, 0.29) is 24.5 Å². The number of fused-ring (bicyclic) bond motifs is 2. The Hall–Kier alpha value is -4.08. The summed E-state index contributed by atoms with van der Waals surface area (Å²) >= 11 is 0. The van der Waals surface area contributed by atoms with Gasteiger partial charge in [0.15, 0.2) is 11.5 Å². The predicted molar refractivity (Wildman–Crippen MR) is 124 cm³/mol. The van der Waals surface area contributed by atoms with Crippen molar-refractivity contribution in [2.24, 2.45) is 5.92 Å². The van der Waals surface area contributed by atoms with Gasteiger partial charge >= 0.3 is 11.1 Å². The Labute approximate surface area is 194 Å². The normalized spacial score (nSPS) is 15.5. The molecule has 2 amide bonds. The van der Waals surface area contributed by atoms with E-state index in [1.165, 1.54) is 4.57 Å². The zero-order valence-corrected chi connectivity index (χ0v) is 18.6. The molecular weight excluding hydrogens is 440 g/mol. The highest BCUT2D eigenvalue weighted by molar-refractivity contribution is 5.98. The van der Waals surface area contributed by atoms with Crippen LogP contribution in [0.15, 0.2) is 46.0 Å². The van der Waals surface area contributed by atoms with E-state index in [4.69, 9.17) is 9.47 Å². The lowest BCUT2D eigenvalue weighted by Crippen LogP contribution is -2.41. The van der Waals surface area contributed by atoms with Gasteiger partial charge in [0.25, 0.3) is 5.91 Å². The summed E-state index contributed by atoms with van der Waals surface area (Å²) in [6.45, 7) is 3.20. The number of ether oxygens (including phenoxy) is 2. The number of amides is 2. The zero-order valence-electron chi connectivity index (χ0n) is 18.6. The van der Waals surface area contributed by atoms with Crippen LogP contribution in [0.4, 0.5) is 5.69 Å². The molecule has 2 aliphatic heterocycles. The Morgan fingerprint density at radius 1 is 1.06 bits per heavy atom. The van der Waals surface area contributed by atoms with E-state index >= 15 is 0 Å². The summed E-state index contributed by atoms with van der Waals surface area (Å²) in [6.07, 6.45) is 1.09. The van der Waals surface area contributed by atoms with Crippen LogP contribution >= 0.6 is 0 Å². The molecule has 5 rings (SSSR count). The van der Waals surface area contributed by atoms with Crippen molar-refractivity contribution < 1.29 is 19.1 Å². The first kappa shape index (κ1) is 21.7. The van der Waals surface area contributed by atoms with Crippen molar-refractivity contribution in [3.05, 3.63) is 62.7 Å². The highest BCUT2D eigenvalue weighted by Gasteiger charge is 2.28. The Kier molecular flexibility index (Phi) is 5.56. The molecule has 2 aromatic carbocycles. The van der Waals surface area contributed by atoms with Gasteiger partial charge in [0.1, 0.15) is 0 Å². The van der Waals surface area contributed by atoms with Gasteiger partial charge in [0.05, 0.1) is 11.0 Å². The smallest absolute Gasteiger partial charge is 0.316 e. The van der Waals surface area contributed by atoms with E-state index in [0.29, 0.717) is 66.3 Å². The van der Waals surface area contributed by atoms with Gasteiger partial charge in [-0.25, -0.2) is 0 Å². The van der Waals surface area contributed by atoms with Crippen LogP contribution in [-0.2, 0) is 11.3 Å². The van der Waals surface area contributed by atoms with Gasteiger partial charge in [-0.3, -0.25) is 19.2 Å². The first-order valence-electron chi connectivity index (χ1n) is 11.2. The lowest BCUT2D eigenvalue weighted by Gasteiger charge is -2.31. The maximum Gasteiger partial charge on any atom is 0.316 e. The second kappa shape index (κ2) is 8.69. The molecule has 0 atom stereocenters. The Balaban J connectivity index is 1.24. The molecule has 0 saturated carbocycles. The van der Waals surface area contributed by atoms with Crippen molar-refractivity contribution >= 4 is 28.5 Å². The van der Waals surface area contributed by atoms with Gasteiger partial charge in [0, 0.05) is 42.9 Å². The summed E-state index contributed by atoms with van der Waals surface area (Å²) in [7, 11) is 0. The second-order valence-corrected chi connectivity index (χ2v) is 8.36. The molecule has 0 unspecified atom stereocenters. The van der Waals surface area contributed by atoms with Crippen molar-refractivity contribution in [1.82, 2.24) is 14.5 Å². The molecule has 0 spiro atoms. The first-order valence-corrected chi connectivity index (χ1v) is 11.2. The molecule has 2 aliphatic rings. The van der Waals surface area contributed by atoms with Crippen molar-refractivity contribution in [3.8, 4) is 11.5 Å². The van der Waals surface area contributed by atoms with E-state index in [2.05, 4.69) is 10.3 Å². The number of hydrogen-bond acceptors (Lipinski definition) is 6. The molecular formula is C24H24N4O6. The number of aryl methyl sites for hydroxylation is 1. The van der Waals surface area contributed by atoms with Crippen LogP contribution in [0, 0.1) is 5.92 Å². The maximum atomic E-state index is 13.1. The third-order valence-corrected chi connectivity index (χ3v) is 6.33. The van der Waals surface area contributed by atoms with E-state index in [9.17, 15) is 19.2 Å². The lowest BCUT2D eigenvalue weighted by atomic mass is 9.95. The summed E-state index contributed by atoms with van der Waals surface area (Å²) in [6, 6.07) is 10.2. The predicted octanol–water partition coefficient (Wildman–Crippen LogP) is 1.93. The van der Waals surface area contributed by atoms with E-state index < -0.39 is 11.1 Å². The third kappa shape index (κ3) is 3.91. The van der Waals surface area contributed by atoms with Crippen LogP contribution < -0.4 is 25.9 Å². The fourth-order valence-corrected chi connectivity index (χ4v) is 4.47. The minimum atomic E-state index is -0.715. The molecule has 1 saturated heterocycles.